The number of ether oxygens (including phenoxy) is 2. The molecule has 0 heterocycles. The van der Waals surface area contributed by atoms with Crippen molar-refractivity contribution >= 4 is 43.5 Å². The highest BCUT2D eigenvalue weighted by Crippen LogP contribution is 2.36. The molecule has 3 aromatic rings. The number of carbonyl (C=O) groups is 2. The molecule has 0 aromatic heterocycles. The van der Waals surface area contributed by atoms with Crippen molar-refractivity contribution < 1.29 is 27.5 Å². The van der Waals surface area contributed by atoms with Gasteiger partial charge in [-0.1, -0.05) is 46.3 Å². The van der Waals surface area contributed by atoms with Crippen molar-refractivity contribution in [2.24, 2.45) is 0 Å². The minimum Gasteiger partial charge on any atom is -0.497 e. The smallest absolute Gasteiger partial charge is 0.264 e. The molecule has 0 aliphatic rings. The lowest BCUT2D eigenvalue weighted by Crippen LogP contribution is -2.52. The number of hydrogen-bond acceptors (Lipinski definition) is 6. The number of sulfonamides is 1. The number of nitrogens with zero attached hydrogens (tertiary/aromatic N) is 2. The summed E-state index contributed by atoms with van der Waals surface area (Å²) in [5.41, 5.74) is 0.893. The fourth-order valence-corrected chi connectivity index (χ4v) is 5.93. The summed E-state index contributed by atoms with van der Waals surface area (Å²) in [6.45, 7) is 4.77. The van der Waals surface area contributed by atoms with Gasteiger partial charge in [0.15, 0.2) is 0 Å². The zero-order chi connectivity index (χ0) is 29.4. The second-order valence-electron chi connectivity index (χ2n) is 9.35. The summed E-state index contributed by atoms with van der Waals surface area (Å²) in [5.74, 6) is -0.310. The van der Waals surface area contributed by atoms with Crippen LogP contribution in [0, 0.1) is 0 Å². The third-order valence-electron chi connectivity index (χ3n) is 6.10. The molecule has 1 N–H and O–H groups in total. The lowest BCUT2D eigenvalue weighted by Gasteiger charge is -2.32. The van der Waals surface area contributed by atoms with E-state index in [1.807, 2.05) is 38.1 Å². The molecule has 0 saturated carbocycles. The highest BCUT2D eigenvalue weighted by Gasteiger charge is 2.34. The average molecular weight is 633 g/mol. The van der Waals surface area contributed by atoms with Crippen LogP contribution in [0.5, 0.6) is 11.5 Å². The van der Waals surface area contributed by atoms with Crippen LogP contribution >= 0.6 is 15.9 Å². The van der Waals surface area contributed by atoms with E-state index < -0.39 is 28.5 Å². The van der Waals surface area contributed by atoms with Crippen molar-refractivity contribution in [3.8, 4) is 11.5 Å². The first-order valence-electron chi connectivity index (χ1n) is 12.6. The Morgan fingerprint density at radius 1 is 0.925 bits per heavy atom. The molecule has 214 valence electrons. The number of methoxy groups -OCH3 is 2. The largest absolute Gasteiger partial charge is 0.497 e. The highest BCUT2D eigenvalue weighted by molar-refractivity contribution is 9.10. The molecule has 3 aromatic carbocycles. The second kappa shape index (κ2) is 13.7. The first-order chi connectivity index (χ1) is 19.0. The zero-order valence-electron chi connectivity index (χ0n) is 23.1. The van der Waals surface area contributed by atoms with Crippen LogP contribution in [0.4, 0.5) is 5.69 Å². The van der Waals surface area contributed by atoms with Crippen molar-refractivity contribution in [1.82, 2.24) is 10.2 Å². The Balaban J connectivity index is 2.11. The summed E-state index contributed by atoms with van der Waals surface area (Å²) in [6, 6.07) is 18.9. The van der Waals surface area contributed by atoms with Crippen LogP contribution in [0.2, 0.25) is 0 Å². The van der Waals surface area contributed by atoms with E-state index in [9.17, 15) is 18.0 Å². The first kappa shape index (κ1) is 31.0. The fourth-order valence-electron chi connectivity index (χ4n) is 4.04. The van der Waals surface area contributed by atoms with Crippen LogP contribution in [-0.2, 0) is 26.2 Å². The Kier molecular flexibility index (Phi) is 10.6. The van der Waals surface area contributed by atoms with E-state index in [1.165, 1.54) is 37.3 Å². The lowest BCUT2D eigenvalue weighted by atomic mass is 10.1. The molecule has 0 spiro atoms. The van der Waals surface area contributed by atoms with E-state index in [1.54, 1.807) is 37.3 Å². The van der Waals surface area contributed by atoms with E-state index in [4.69, 9.17) is 9.47 Å². The number of amides is 2. The van der Waals surface area contributed by atoms with Crippen molar-refractivity contribution in [2.75, 3.05) is 25.1 Å². The molecule has 0 radical (unpaired) electrons. The molecule has 2 amide bonds. The van der Waals surface area contributed by atoms with Gasteiger partial charge in [0.2, 0.25) is 11.8 Å². The van der Waals surface area contributed by atoms with Crippen LogP contribution in [-0.4, -0.2) is 58.0 Å². The van der Waals surface area contributed by atoms with Crippen molar-refractivity contribution in [3.05, 3.63) is 82.8 Å². The first-order valence-corrected chi connectivity index (χ1v) is 14.8. The molecule has 40 heavy (non-hydrogen) atoms. The molecule has 3 rings (SSSR count). The van der Waals surface area contributed by atoms with Gasteiger partial charge in [-0.15, -0.1) is 0 Å². The molecule has 0 fully saturated rings. The molecule has 1 atom stereocenters. The molecule has 9 nitrogen and oxygen atoms in total. The quantitative estimate of drug-likeness (QED) is 0.313. The van der Waals surface area contributed by atoms with Gasteiger partial charge in [0.05, 0.1) is 24.8 Å². The van der Waals surface area contributed by atoms with Gasteiger partial charge in [0, 0.05) is 23.1 Å². The van der Waals surface area contributed by atoms with Crippen molar-refractivity contribution in [3.63, 3.8) is 0 Å². The maximum atomic E-state index is 14.0. The molecule has 0 saturated heterocycles. The second-order valence-corrected chi connectivity index (χ2v) is 12.1. The number of rotatable bonds is 12. The fraction of sp³-hybridized carbons (Fsp3) is 0.310. The van der Waals surface area contributed by atoms with E-state index in [0.29, 0.717) is 5.75 Å². The third kappa shape index (κ3) is 7.54. The van der Waals surface area contributed by atoms with Gasteiger partial charge >= 0.3 is 0 Å². The van der Waals surface area contributed by atoms with Gasteiger partial charge in [0.25, 0.3) is 10.0 Å². The Morgan fingerprint density at radius 3 is 2.23 bits per heavy atom. The summed E-state index contributed by atoms with van der Waals surface area (Å²) in [5, 5.41) is 2.84. The van der Waals surface area contributed by atoms with Crippen LogP contribution in [0.3, 0.4) is 0 Å². The molecule has 0 aliphatic carbocycles. The number of anilines is 1. The molecular weight excluding hydrogens is 598 g/mol. The minimum absolute atomic E-state index is 0.00295. The topological polar surface area (TPSA) is 105 Å². The summed E-state index contributed by atoms with van der Waals surface area (Å²) in [6.07, 6.45) is 0. The van der Waals surface area contributed by atoms with E-state index in [0.717, 1.165) is 14.3 Å². The average Bonchev–Trinajstić information content (AvgIpc) is 2.93. The van der Waals surface area contributed by atoms with Crippen LogP contribution in [0.1, 0.15) is 26.3 Å². The Bertz CT molecular complexity index is 1430. The normalized spacial score (nSPS) is 12.0. The van der Waals surface area contributed by atoms with Crippen LogP contribution in [0.25, 0.3) is 0 Å². The van der Waals surface area contributed by atoms with Gasteiger partial charge in [-0.2, -0.15) is 0 Å². The van der Waals surface area contributed by atoms with Gasteiger partial charge < -0.3 is 19.7 Å². The number of nitrogens with one attached hydrogen (secondary N) is 1. The van der Waals surface area contributed by atoms with Gasteiger partial charge in [-0.3, -0.25) is 13.9 Å². The van der Waals surface area contributed by atoms with E-state index in [-0.39, 0.29) is 34.8 Å². The van der Waals surface area contributed by atoms with Crippen LogP contribution in [0.15, 0.2) is 82.2 Å². The molecular formula is C29H34BrN3O6S. The number of carbonyl (C=O) groups excluding carboxylic acids is 2. The number of halogens is 1. The van der Waals surface area contributed by atoms with Crippen molar-refractivity contribution in [2.45, 2.75) is 44.3 Å². The molecule has 1 unspecified atom stereocenters. The lowest BCUT2D eigenvalue weighted by molar-refractivity contribution is -0.139. The predicted octanol–water partition coefficient (Wildman–Crippen LogP) is 4.60. The number of benzene rings is 3. The monoisotopic (exact) mass is 631 g/mol. The predicted molar refractivity (Wildman–Crippen MR) is 158 cm³/mol. The van der Waals surface area contributed by atoms with Crippen molar-refractivity contribution in [1.29, 1.82) is 0 Å². The Hall–Kier alpha value is -3.57. The standard InChI is InChI=1S/C29H34BrN3O6S/c1-20(2)31-29(35)21(3)32(18-22-10-9-11-23(30)16-22)28(34)19-33(40(36,37)25-12-7-6-8-13-25)26-17-24(38-4)14-15-27(26)39-5/h6-17,20-21H,18-19H2,1-5H3,(H,31,35). The maximum absolute atomic E-state index is 14.0. The summed E-state index contributed by atoms with van der Waals surface area (Å²) < 4.78 is 40.6. The Morgan fingerprint density at radius 2 is 1.62 bits per heavy atom. The molecule has 0 aliphatic heterocycles. The maximum Gasteiger partial charge on any atom is 0.264 e. The summed E-state index contributed by atoms with van der Waals surface area (Å²) >= 11 is 3.44. The molecule has 11 heteroatoms. The zero-order valence-corrected chi connectivity index (χ0v) is 25.5. The number of hydrogen-bond donors (Lipinski definition) is 1. The molecule has 0 bridgehead atoms. The summed E-state index contributed by atoms with van der Waals surface area (Å²) in [7, 11) is -1.37. The Labute approximate surface area is 244 Å². The van der Waals surface area contributed by atoms with Gasteiger partial charge in [0.1, 0.15) is 24.1 Å². The van der Waals surface area contributed by atoms with E-state index in [2.05, 4.69) is 21.2 Å². The van der Waals surface area contributed by atoms with Gasteiger partial charge in [-0.05, 0) is 62.7 Å². The third-order valence-corrected chi connectivity index (χ3v) is 8.37. The summed E-state index contributed by atoms with van der Waals surface area (Å²) in [4.78, 5) is 28.4. The highest BCUT2D eigenvalue weighted by atomic mass is 79.9. The van der Waals surface area contributed by atoms with Gasteiger partial charge in [-0.25, -0.2) is 8.42 Å². The van der Waals surface area contributed by atoms with E-state index >= 15 is 0 Å². The minimum atomic E-state index is -4.24. The van der Waals surface area contributed by atoms with Crippen LogP contribution < -0.4 is 19.1 Å². The SMILES string of the molecule is COc1ccc(OC)c(N(CC(=O)N(Cc2cccc(Br)c2)C(C)C(=O)NC(C)C)S(=O)(=O)c2ccccc2)c1.